The van der Waals surface area contributed by atoms with Crippen LogP contribution in [-0.4, -0.2) is 31.8 Å². The minimum absolute atomic E-state index is 0.200. The van der Waals surface area contributed by atoms with E-state index in [-0.39, 0.29) is 5.75 Å². The molecule has 0 heterocycles. The van der Waals surface area contributed by atoms with Crippen molar-refractivity contribution in [2.75, 3.05) is 13.7 Å². The third-order valence-electron chi connectivity index (χ3n) is 3.36. The minimum Gasteiger partial charge on any atom is -0.484 e. The van der Waals surface area contributed by atoms with Crippen molar-refractivity contribution in [1.29, 1.82) is 0 Å². The van der Waals surface area contributed by atoms with Gasteiger partial charge in [-0.15, -0.1) is 0 Å². The minimum atomic E-state index is -4.33. The lowest BCUT2D eigenvalue weighted by molar-refractivity contribution is -0.153. The second-order valence-corrected chi connectivity index (χ2v) is 5.26. The molecule has 1 aromatic rings. The monoisotopic (exact) mass is 327 g/mol. The van der Waals surface area contributed by atoms with Crippen molar-refractivity contribution in [3.8, 4) is 5.75 Å². The Labute approximate surface area is 133 Å². The molecule has 126 valence electrons. The largest absolute Gasteiger partial charge is 0.484 e. The Morgan fingerprint density at radius 1 is 1.22 bits per heavy atom. The van der Waals surface area contributed by atoms with Crippen LogP contribution >= 0.6 is 0 Å². The quantitative estimate of drug-likeness (QED) is 0.496. The summed E-state index contributed by atoms with van der Waals surface area (Å²) in [6.07, 6.45) is 1.89. The molecular formula is C16H20F3N3O. The fraction of sp³-hybridized carbons (Fsp3) is 0.438. The number of ether oxygens (including phenoxy) is 1. The molecule has 0 aliphatic heterocycles. The number of nitrogens with one attached hydrogen (secondary N) is 2. The van der Waals surface area contributed by atoms with Crippen molar-refractivity contribution in [2.24, 2.45) is 4.99 Å². The lowest BCUT2D eigenvalue weighted by Crippen LogP contribution is -2.42. The summed E-state index contributed by atoms with van der Waals surface area (Å²) in [6, 6.07) is 6.87. The summed E-state index contributed by atoms with van der Waals surface area (Å²) in [6.45, 7) is -0.754. The molecule has 4 nitrogen and oxygen atoms in total. The average molecular weight is 327 g/mol. The second kappa shape index (κ2) is 7.89. The highest BCUT2D eigenvalue weighted by atomic mass is 19.4. The van der Waals surface area contributed by atoms with Gasteiger partial charge in [0.1, 0.15) is 5.75 Å². The lowest BCUT2D eigenvalue weighted by atomic mass is 10.2. The summed E-state index contributed by atoms with van der Waals surface area (Å²) in [5.41, 5.74) is 0.928. The molecule has 23 heavy (non-hydrogen) atoms. The molecule has 0 saturated heterocycles. The van der Waals surface area contributed by atoms with Gasteiger partial charge in [0.15, 0.2) is 12.6 Å². The van der Waals surface area contributed by atoms with Crippen molar-refractivity contribution < 1.29 is 17.9 Å². The van der Waals surface area contributed by atoms with E-state index in [1.54, 1.807) is 19.2 Å². The van der Waals surface area contributed by atoms with Gasteiger partial charge in [0.25, 0.3) is 0 Å². The van der Waals surface area contributed by atoms with Crippen LogP contribution in [0.4, 0.5) is 13.2 Å². The Balaban J connectivity index is 1.78. The van der Waals surface area contributed by atoms with Crippen LogP contribution in [0.2, 0.25) is 0 Å². The predicted octanol–water partition coefficient (Wildman–Crippen LogP) is 3.01. The molecular weight excluding hydrogens is 307 g/mol. The zero-order valence-corrected chi connectivity index (χ0v) is 12.9. The number of aliphatic imine (C=N–C) groups is 1. The molecule has 0 unspecified atom stereocenters. The highest BCUT2D eigenvalue weighted by Gasteiger charge is 2.28. The topological polar surface area (TPSA) is 45.7 Å². The lowest BCUT2D eigenvalue weighted by Gasteiger charge is -2.17. The smallest absolute Gasteiger partial charge is 0.422 e. The number of benzene rings is 1. The molecule has 0 aromatic heterocycles. The second-order valence-electron chi connectivity index (χ2n) is 5.26. The van der Waals surface area contributed by atoms with E-state index in [1.165, 1.54) is 12.1 Å². The van der Waals surface area contributed by atoms with Crippen LogP contribution in [0.1, 0.15) is 18.4 Å². The summed E-state index contributed by atoms with van der Waals surface area (Å²) < 4.78 is 40.9. The first-order valence-corrected chi connectivity index (χ1v) is 7.37. The van der Waals surface area contributed by atoms with E-state index in [4.69, 9.17) is 0 Å². The molecule has 7 heteroatoms. The molecule has 2 rings (SSSR count). The first-order chi connectivity index (χ1) is 11.0. The predicted molar refractivity (Wildman–Crippen MR) is 83.5 cm³/mol. The van der Waals surface area contributed by atoms with Gasteiger partial charge in [-0.25, -0.2) is 0 Å². The van der Waals surface area contributed by atoms with Crippen LogP contribution < -0.4 is 15.4 Å². The highest BCUT2D eigenvalue weighted by Crippen LogP contribution is 2.18. The summed E-state index contributed by atoms with van der Waals surface area (Å²) in [5, 5.41) is 6.49. The van der Waals surface area contributed by atoms with Crippen LogP contribution in [0.25, 0.3) is 0 Å². The van der Waals surface area contributed by atoms with Crippen LogP contribution in [0, 0.1) is 0 Å². The summed E-state index contributed by atoms with van der Waals surface area (Å²) in [4.78, 5) is 4.16. The van der Waals surface area contributed by atoms with E-state index >= 15 is 0 Å². The average Bonchev–Trinajstić information content (AvgIpc) is 3.02. The van der Waals surface area contributed by atoms with Crippen LogP contribution in [-0.2, 0) is 6.54 Å². The fourth-order valence-electron chi connectivity index (χ4n) is 2.18. The fourth-order valence-corrected chi connectivity index (χ4v) is 2.18. The number of alkyl halides is 3. The Bertz CT molecular complexity index is 545. The van der Waals surface area contributed by atoms with E-state index in [2.05, 4.69) is 32.5 Å². The van der Waals surface area contributed by atoms with Gasteiger partial charge in [-0.1, -0.05) is 24.3 Å². The van der Waals surface area contributed by atoms with Crippen molar-refractivity contribution >= 4 is 5.96 Å². The zero-order chi connectivity index (χ0) is 16.7. The van der Waals surface area contributed by atoms with Crippen molar-refractivity contribution in [2.45, 2.75) is 31.6 Å². The van der Waals surface area contributed by atoms with Gasteiger partial charge in [-0.3, -0.25) is 4.99 Å². The first kappa shape index (κ1) is 17.2. The summed E-state index contributed by atoms with van der Waals surface area (Å²) in [5.74, 6) is 0.904. The van der Waals surface area contributed by atoms with Crippen LogP contribution in [0.3, 0.4) is 0 Å². The molecule has 0 fully saturated rings. The van der Waals surface area contributed by atoms with E-state index < -0.39 is 12.8 Å². The van der Waals surface area contributed by atoms with E-state index in [1.807, 2.05) is 0 Å². The number of nitrogens with zero attached hydrogens (tertiary/aromatic N) is 1. The maximum Gasteiger partial charge on any atom is 0.422 e. The van der Waals surface area contributed by atoms with Gasteiger partial charge in [0.2, 0.25) is 0 Å². The molecule has 0 radical (unpaired) electrons. The highest BCUT2D eigenvalue weighted by molar-refractivity contribution is 5.80. The standard InChI is InChI=1S/C16H20F3N3O/c1-20-15(22-13-4-2-3-5-13)21-10-12-6-8-14(9-7-12)23-11-16(17,18)19/h2-3,6-9,13H,4-5,10-11H2,1H3,(H2,20,21,22). The number of hydrogen-bond donors (Lipinski definition) is 2. The van der Waals surface area contributed by atoms with Gasteiger partial charge in [0, 0.05) is 19.6 Å². The van der Waals surface area contributed by atoms with Crippen molar-refractivity contribution in [1.82, 2.24) is 10.6 Å². The van der Waals surface area contributed by atoms with Gasteiger partial charge in [-0.05, 0) is 30.5 Å². The molecule has 1 aliphatic carbocycles. The molecule has 0 bridgehead atoms. The number of halogens is 3. The molecule has 1 aliphatic rings. The van der Waals surface area contributed by atoms with Gasteiger partial charge in [-0.2, -0.15) is 13.2 Å². The molecule has 0 amide bonds. The van der Waals surface area contributed by atoms with E-state index in [0.29, 0.717) is 18.5 Å². The van der Waals surface area contributed by atoms with Gasteiger partial charge in [0.05, 0.1) is 0 Å². The number of guanidine groups is 1. The zero-order valence-electron chi connectivity index (χ0n) is 12.9. The number of hydrogen-bond acceptors (Lipinski definition) is 2. The first-order valence-electron chi connectivity index (χ1n) is 7.37. The van der Waals surface area contributed by atoms with Crippen LogP contribution in [0.15, 0.2) is 41.4 Å². The van der Waals surface area contributed by atoms with Crippen molar-refractivity contribution in [3.63, 3.8) is 0 Å². The number of rotatable bonds is 5. The third kappa shape index (κ3) is 6.22. The Morgan fingerprint density at radius 3 is 2.43 bits per heavy atom. The normalized spacial score (nSPS) is 15.7. The van der Waals surface area contributed by atoms with Crippen molar-refractivity contribution in [3.05, 3.63) is 42.0 Å². The SMILES string of the molecule is CN=C(NCc1ccc(OCC(F)(F)F)cc1)NC1CC=CC1. The maximum atomic E-state index is 12.1. The third-order valence-corrected chi connectivity index (χ3v) is 3.36. The van der Waals surface area contributed by atoms with E-state index in [9.17, 15) is 13.2 Å². The molecule has 2 N–H and O–H groups in total. The summed E-state index contributed by atoms with van der Waals surface area (Å²) >= 11 is 0. The molecule has 1 aromatic carbocycles. The molecule has 0 spiro atoms. The Hall–Kier alpha value is -2.18. The van der Waals surface area contributed by atoms with Crippen LogP contribution in [0.5, 0.6) is 5.75 Å². The maximum absolute atomic E-state index is 12.1. The van der Waals surface area contributed by atoms with E-state index in [0.717, 1.165) is 18.4 Å². The molecule has 0 atom stereocenters. The molecule has 0 saturated carbocycles. The summed E-state index contributed by atoms with van der Waals surface area (Å²) in [7, 11) is 1.70. The Kier molecular flexibility index (Phi) is 5.90. The Morgan fingerprint density at radius 2 is 1.87 bits per heavy atom. The van der Waals surface area contributed by atoms with Gasteiger partial charge < -0.3 is 15.4 Å². The van der Waals surface area contributed by atoms with Gasteiger partial charge >= 0.3 is 6.18 Å².